The van der Waals surface area contributed by atoms with Gasteiger partial charge in [0.25, 0.3) is 0 Å². The van der Waals surface area contributed by atoms with Gasteiger partial charge < -0.3 is 10.2 Å². The van der Waals surface area contributed by atoms with E-state index in [4.69, 9.17) is 5.11 Å². The van der Waals surface area contributed by atoms with Crippen LogP contribution in [0.5, 0.6) is 0 Å². The molecule has 1 aromatic rings. The molecule has 6 nitrogen and oxygen atoms in total. The van der Waals surface area contributed by atoms with Crippen LogP contribution in [0.4, 0.5) is 4.39 Å². The summed E-state index contributed by atoms with van der Waals surface area (Å²) in [6, 6.07) is 6.48. The number of β-amino-alcohol motifs (C(OH)–C–C–N with tert-alkyl or cyclic N) is 1. The second-order valence-electron chi connectivity index (χ2n) is 6.82. The van der Waals surface area contributed by atoms with E-state index in [9.17, 15) is 22.7 Å². The number of alkyl halides is 1. The number of rotatable bonds is 4. The molecule has 0 saturated carbocycles. The summed E-state index contributed by atoms with van der Waals surface area (Å²) in [6.45, 7) is 4.45. The lowest BCUT2D eigenvalue weighted by atomic mass is 9.87. The van der Waals surface area contributed by atoms with Crippen molar-refractivity contribution in [3.63, 3.8) is 0 Å². The Morgan fingerprint density at radius 3 is 2.30 bits per heavy atom. The summed E-state index contributed by atoms with van der Waals surface area (Å²) in [6.07, 6.45) is -2.52. The molecule has 0 aromatic heterocycles. The molecule has 0 radical (unpaired) electrons. The van der Waals surface area contributed by atoms with Crippen LogP contribution in [0.15, 0.2) is 29.2 Å². The number of sulfonamides is 1. The number of benzene rings is 1. The zero-order valence-electron chi connectivity index (χ0n) is 13.2. The molecule has 0 bridgehead atoms. The van der Waals surface area contributed by atoms with Gasteiger partial charge in [-0.1, -0.05) is 39.0 Å². The molecule has 1 heterocycles. The molecule has 1 aliphatic heterocycles. The molecule has 128 valence electrons. The summed E-state index contributed by atoms with van der Waals surface area (Å²) < 4.78 is 39.8. The van der Waals surface area contributed by atoms with E-state index in [2.05, 4.69) is 0 Å². The molecular formula is C15H20FNO5S. The zero-order chi connectivity index (χ0) is 17.6. The van der Waals surface area contributed by atoms with Gasteiger partial charge in [0.1, 0.15) is 5.60 Å². The number of aliphatic carboxylic acids is 1. The number of carbonyl (C=O) groups is 1. The van der Waals surface area contributed by atoms with Gasteiger partial charge in [0.2, 0.25) is 16.2 Å². The molecule has 1 fully saturated rings. The molecule has 0 aliphatic carbocycles. The van der Waals surface area contributed by atoms with Gasteiger partial charge in [-0.3, -0.25) is 0 Å². The van der Waals surface area contributed by atoms with E-state index >= 15 is 0 Å². The summed E-state index contributed by atoms with van der Waals surface area (Å²) >= 11 is 0. The topological polar surface area (TPSA) is 94.9 Å². The molecule has 2 N–H and O–H groups in total. The average molecular weight is 345 g/mol. The lowest BCUT2D eigenvalue weighted by molar-refractivity contribution is -0.166. The normalized spacial score (nSPS) is 19.9. The lowest BCUT2D eigenvalue weighted by Crippen LogP contribution is -2.69. The molecule has 1 aromatic carbocycles. The average Bonchev–Trinajstić information content (AvgIpc) is 2.42. The fourth-order valence-electron chi connectivity index (χ4n) is 2.57. The first-order valence-corrected chi connectivity index (χ1v) is 8.52. The molecule has 1 saturated heterocycles. The molecule has 0 spiro atoms. The summed E-state index contributed by atoms with van der Waals surface area (Å²) in [5, 5.41) is 18.5. The highest BCUT2D eigenvalue weighted by Crippen LogP contribution is 2.36. The zero-order valence-corrected chi connectivity index (χ0v) is 14.0. The van der Waals surface area contributed by atoms with Crippen molar-refractivity contribution in [1.82, 2.24) is 4.31 Å². The lowest BCUT2D eigenvalue weighted by Gasteiger charge is -2.45. The number of hydrogen-bond acceptors (Lipinski definition) is 4. The van der Waals surface area contributed by atoms with E-state index in [1.807, 2.05) is 20.8 Å². The van der Waals surface area contributed by atoms with Crippen molar-refractivity contribution in [1.29, 1.82) is 0 Å². The van der Waals surface area contributed by atoms with Crippen LogP contribution < -0.4 is 0 Å². The van der Waals surface area contributed by atoms with Crippen molar-refractivity contribution in [3.8, 4) is 0 Å². The molecule has 2 rings (SSSR count). The summed E-state index contributed by atoms with van der Waals surface area (Å²) in [5.74, 6) is -1.81. The van der Waals surface area contributed by atoms with Gasteiger partial charge in [0, 0.05) is 13.1 Å². The van der Waals surface area contributed by atoms with Gasteiger partial charge >= 0.3 is 5.97 Å². The van der Waals surface area contributed by atoms with Gasteiger partial charge in [0.15, 0.2) is 0 Å². The van der Waals surface area contributed by atoms with Gasteiger partial charge in [0.05, 0.1) is 4.90 Å². The number of carboxylic acids is 1. The number of nitrogens with zero attached hydrogens (tertiary/aromatic N) is 1. The van der Waals surface area contributed by atoms with Crippen LogP contribution in [-0.4, -0.2) is 53.8 Å². The van der Waals surface area contributed by atoms with Gasteiger partial charge in [-0.15, -0.1) is 0 Å². The Balaban J connectivity index is 2.32. The van der Waals surface area contributed by atoms with Crippen molar-refractivity contribution in [3.05, 3.63) is 29.8 Å². The highest BCUT2D eigenvalue weighted by atomic mass is 32.2. The number of carboxylic acid groups (broad SMARTS) is 1. The van der Waals surface area contributed by atoms with Crippen molar-refractivity contribution in [2.75, 3.05) is 13.1 Å². The fourth-order valence-corrected chi connectivity index (χ4v) is 4.54. The Labute approximate surface area is 134 Å². The molecular weight excluding hydrogens is 325 g/mol. The van der Waals surface area contributed by atoms with E-state index in [-0.39, 0.29) is 4.90 Å². The first-order chi connectivity index (χ1) is 10.4. The van der Waals surface area contributed by atoms with E-state index in [1.165, 1.54) is 6.07 Å². The minimum Gasteiger partial charge on any atom is -0.479 e. The third-order valence-electron chi connectivity index (χ3n) is 3.90. The molecule has 23 heavy (non-hydrogen) atoms. The first-order valence-electron chi connectivity index (χ1n) is 7.08. The van der Waals surface area contributed by atoms with E-state index in [1.54, 1.807) is 18.2 Å². The van der Waals surface area contributed by atoms with Crippen LogP contribution in [0.1, 0.15) is 26.3 Å². The number of aliphatic hydroxyl groups is 1. The Bertz CT molecular complexity index is 720. The second-order valence-corrected chi connectivity index (χ2v) is 8.73. The smallest absolute Gasteiger partial charge is 0.341 e. The van der Waals surface area contributed by atoms with E-state index in [0.29, 0.717) is 5.56 Å². The third kappa shape index (κ3) is 3.11. The largest absolute Gasteiger partial charge is 0.479 e. The third-order valence-corrected chi connectivity index (χ3v) is 5.75. The van der Waals surface area contributed by atoms with Crippen LogP contribution >= 0.6 is 0 Å². The SMILES string of the molecule is CC(C)(C)c1ccccc1S(=O)(=O)N1CC(O)(C(F)C(=O)O)C1. The standard InChI is InChI=1S/C15H20FNO5S/c1-14(2,3)10-6-4-5-7-11(10)23(21,22)17-8-15(20,9-17)12(16)13(18)19/h4-7,12,20H,8-9H2,1-3H3,(H,18,19). The molecule has 1 aliphatic rings. The Kier molecular flexibility index (Phi) is 4.29. The molecule has 0 amide bonds. The van der Waals surface area contributed by atoms with Gasteiger partial charge in [-0.25, -0.2) is 17.6 Å². The fraction of sp³-hybridized carbons (Fsp3) is 0.533. The monoisotopic (exact) mass is 345 g/mol. The Morgan fingerprint density at radius 1 is 1.30 bits per heavy atom. The minimum atomic E-state index is -3.93. The predicted octanol–water partition coefficient (Wildman–Crippen LogP) is 1.14. The van der Waals surface area contributed by atoms with Crippen molar-refractivity contribution in [2.45, 2.75) is 42.9 Å². The number of hydrogen-bond donors (Lipinski definition) is 2. The van der Waals surface area contributed by atoms with Gasteiger partial charge in [-0.2, -0.15) is 4.31 Å². The summed E-state index contributed by atoms with van der Waals surface area (Å²) in [4.78, 5) is 10.7. The quantitative estimate of drug-likeness (QED) is 0.853. The maximum atomic E-state index is 13.5. The van der Waals surface area contributed by atoms with Crippen LogP contribution in [0.25, 0.3) is 0 Å². The molecule has 8 heteroatoms. The Hall–Kier alpha value is -1.51. The van der Waals surface area contributed by atoms with Crippen molar-refractivity contribution >= 4 is 16.0 Å². The van der Waals surface area contributed by atoms with E-state index < -0.39 is 46.3 Å². The molecule has 1 atom stereocenters. The van der Waals surface area contributed by atoms with Crippen LogP contribution in [-0.2, 0) is 20.2 Å². The van der Waals surface area contributed by atoms with Crippen molar-refractivity contribution < 1.29 is 27.8 Å². The predicted molar refractivity (Wildman–Crippen MR) is 81.4 cm³/mol. The maximum Gasteiger partial charge on any atom is 0.341 e. The second kappa shape index (κ2) is 5.54. The number of halogens is 1. The minimum absolute atomic E-state index is 0.0836. The molecule has 1 unspecified atom stereocenters. The summed E-state index contributed by atoms with van der Waals surface area (Å²) in [7, 11) is -3.93. The van der Waals surface area contributed by atoms with Crippen molar-refractivity contribution in [2.24, 2.45) is 0 Å². The highest BCUT2D eigenvalue weighted by Gasteiger charge is 2.55. The highest BCUT2D eigenvalue weighted by molar-refractivity contribution is 7.89. The summed E-state index contributed by atoms with van der Waals surface area (Å²) in [5.41, 5.74) is -2.00. The van der Waals surface area contributed by atoms with Crippen LogP contribution in [0.3, 0.4) is 0 Å². The van der Waals surface area contributed by atoms with Crippen LogP contribution in [0, 0.1) is 0 Å². The van der Waals surface area contributed by atoms with Gasteiger partial charge in [-0.05, 0) is 17.0 Å². The van der Waals surface area contributed by atoms with E-state index in [0.717, 1.165) is 4.31 Å². The Morgan fingerprint density at radius 2 is 1.83 bits per heavy atom. The first kappa shape index (κ1) is 17.8. The van der Waals surface area contributed by atoms with Crippen LogP contribution in [0.2, 0.25) is 0 Å². The maximum absolute atomic E-state index is 13.5.